The minimum atomic E-state index is -0.216. The van der Waals surface area contributed by atoms with Crippen LogP contribution in [0.2, 0.25) is 0 Å². The van der Waals surface area contributed by atoms with Crippen LogP contribution in [0.4, 0.5) is 5.00 Å². The number of rotatable bonds is 2. The highest BCUT2D eigenvalue weighted by molar-refractivity contribution is 7.16. The number of fused-ring (bicyclic) bond motifs is 1. The van der Waals surface area contributed by atoms with Crippen molar-refractivity contribution in [3.05, 3.63) is 34.0 Å². The molecule has 3 rings (SSSR count). The highest BCUT2D eigenvalue weighted by atomic mass is 32.1. The van der Waals surface area contributed by atoms with Crippen molar-refractivity contribution in [2.45, 2.75) is 26.2 Å². The smallest absolute Gasteiger partial charge is 0.259 e. The van der Waals surface area contributed by atoms with E-state index in [1.807, 2.05) is 0 Å². The molecule has 0 radical (unpaired) electrons. The van der Waals surface area contributed by atoms with Crippen LogP contribution in [-0.4, -0.2) is 15.7 Å². The molecule has 1 atom stereocenters. The number of hydrogen-bond acceptors (Lipinski definition) is 4. The Hall–Kier alpha value is -2.13. The van der Waals surface area contributed by atoms with E-state index < -0.39 is 0 Å². The molecular weight excluding hydrogens is 284 g/mol. The summed E-state index contributed by atoms with van der Waals surface area (Å²) in [5, 5.41) is 16.9. The summed E-state index contributed by atoms with van der Waals surface area (Å²) >= 11 is 1.54. The Morgan fingerprint density at radius 2 is 2.43 bits per heavy atom. The van der Waals surface area contributed by atoms with Crippen LogP contribution in [0.15, 0.2) is 12.4 Å². The standard InChI is InChI=1S/C15H16N4OS/c1-9-3-4-11-12(6-16)15(21-13(11)5-9)18-14(20)10-7-17-19(2)8-10/h7-9H,3-5H2,1-2H3,(H,18,20). The first-order chi connectivity index (χ1) is 10.1. The summed E-state index contributed by atoms with van der Waals surface area (Å²) in [6.45, 7) is 2.22. The lowest BCUT2D eigenvalue weighted by molar-refractivity contribution is 0.102. The van der Waals surface area contributed by atoms with Gasteiger partial charge in [0.15, 0.2) is 0 Å². The summed E-state index contributed by atoms with van der Waals surface area (Å²) in [5.74, 6) is 0.427. The first-order valence-electron chi connectivity index (χ1n) is 6.93. The maximum absolute atomic E-state index is 12.2. The summed E-state index contributed by atoms with van der Waals surface area (Å²) in [6, 6.07) is 2.26. The number of thiophene rings is 1. The summed E-state index contributed by atoms with van der Waals surface area (Å²) in [7, 11) is 1.77. The monoisotopic (exact) mass is 300 g/mol. The van der Waals surface area contributed by atoms with Crippen LogP contribution in [0.3, 0.4) is 0 Å². The Morgan fingerprint density at radius 1 is 1.62 bits per heavy atom. The van der Waals surface area contributed by atoms with E-state index in [0.29, 0.717) is 22.0 Å². The molecule has 5 nitrogen and oxygen atoms in total. The van der Waals surface area contributed by atoms with Gasteiger partial charge in [0.1, 0.15) is 11.1 Å². The van der Waals surface area contributed by atoms with E-state index in [0.717, 1.165) is 24.8 Å². The number of aryl methyl sites for hydroxylation is 1. The zero-order valence-corrected chi connectivity index (χ0v) is 12.8. The molecule has 0 spiro atoms. The minimum Gasteiger partial charge on any atom is -0.312 e. The first-order valence-corrected chi connectivity index (χ1v) is 7.74. The van der Waals surface area contributed by atoms with Crippen LogP contribution in [0.25, 0.3) is 0 Å². The van der Waals surface area contributed by atoms with Crippen LogP contribution >= 0.6 is 11.3 Å². The largest absolute Gasteiger partial charge is 0.312 e. The van der Waals surface area contributed by atoms with Gasteiger partial charge in [-0.3, -0.25) is 9.48 Å². The van der Waals surface area contributed by atoms with Gasteiger partial charge in [0.05, 0.1) is 17.3 Å². The van der Waals surface area contributed by atoms with Crippen molar-refractivity contribution in [3.8, 4) is 6.07 Å². The number of anilines is 1. The molecule has 2 aromatic heterocycles. The Morgan fingerprint density at radius 3 is 3.10 bits per heavy atom. The molecule has 21 heavy (non-hydrogen) atoms. The Balaban J connectivity index is 1.89. The van der Waals surface area contributed by atoms with Crippen LogP contribution in [0.1, 0.15) is 39.7 Å². The Bertz CT molecular complexity index is 737. The number of hydrogen-bond donors (Lipinski definition) is 1. The van der Waals surface area contributed by atoms with Crippen molar-refractivity contribution < 1.29 is 4.79 Å². The van der Waals surface area contributed by atoms with Gasteiger partial charge < -0.3 is 5.32 Å². The van der Waals surface area contributed by atoms with Crippen LogP contribution in [0.5, 0.6) is 0 Å². The molecule has 1 amide bonds. The fraction of sp³-hybridized carbons (Fsp3) is 0.400. The van der Waals surface area contributed by atoms with Gasteiger partial charge in [-0.15, -0.1) is 11.3 Å². The predicted octanol–water partition coefficient (Wildman–Crippen LogP) is 2.73. The molecule has 0 bridgehead atoms. The second-order valence-electron chi connectivity index (χ2n) is 5.52. The zero-order chi connectivity index (χ0) is 15.0. The van der Waals surface area contributed by atoms with Crippen LogP contribution < -0.4 is 5.32 Å². The van der Waals surface area contributed by atoms with Crippen LogP contribution in [0, 0.1) is 17.2 Å². The van der Waals surface area contributed by atoms with Crippen molar-refractivity contribution in [1.29, 1.82) is 5.26 Å². The van der Waals surface area contributed by atoms with E-state index in [9.17, 15) is 10.1 Å². The maximum atomic E-state index is 12.2. The average molecular weight is 300 g/mol. The molecular formula is C15H16N4OS. The number of aromatic nitrogens is 2. The SMILES string of the molecule is CC1CCc2c(sc(NC(=O)c3cnn(C)c3)c2C#N)C1. The molecule has 1 N–H and O–H groups in total. The van der Waals surface area contributed by atoms with Gasteiger partial charge in [0, 0.05) is 18.1 Å². The highest BCUT2D eigenvalue weighted by Crippen LogP contribution is 2.39. The van der Waals surface area contributed by atoms with Gasteiger partial charge in [0.25, 0.3) is 5.91 Å². The number of carbonyl (C=O) groups is 1. The molecule has 108 valence electrons. The Kier molecular flexibility index (Phi) is 3.52. The van der Waals surface area contributed by atoms with Gasteiger partial charge in [0.2, 0.25) is 0 Å². The van der Waals surface area contributed by atoms with Gasteiger partial charge in [-0.1, -0.05) is 6.92 Å². The van der Waals surface area contributed by atoms with Gasteiger partial charge in [-0.25, -0.2) is 0 Å². The fourth-order valence-corrected chi connectivity index (χ4v) is 4.03. The second-order valence-corrected chi connectivity index (χ2v) is 6.63. The molecule has 1 aliphatic rings. The summed E-state index contributed by atoms with van der Waals surface area (Å²) in [5.41, 5.74) is 2.27. The Labute approximate surface area is 127 Å². The minimum absolute atomic E-state index is 0.216. The molecule has 0 aromatic carbocycles. The van der Waals surface area contributed by atoms with Crippen molar-refractivity contribution in [2.75, 3.05) is 5.32 Å². The average Bonchev–Trinajstić information content (AvgIpc) is 3.01. The second kappa shape index (κ2) is 5.34. The lowest BCUT2D eigenvalue weighted by Crippen LogP contribution is -2.11. The van der Waals surface area contributed by atoms with E-state index in [4.69, 9.17) is 0 Å². The van der Waals surface area contributed by atoms with E-state index >= 15 is 0 Å². The van der Waals surface area contributed by atoms with E-state index in [2.05, 4.69) is 23.4 Å². The number of nitrogens with one attached hydrogen (secondary N) is 1. The third-order valence-corrected chi connectivity index (χ3v) is 4.99. The number of nitrogens with zero attached hydrogens (tertiary/aromatic N) is 3. The van der Waals surface area contributed by atoms with Gasteiger partial charge in [-0.05, 0) is 30.7 Å². The van der Waals surface area contributed by atoms with Crippen molar-refractivity contribution >= 4 is 22.2 Å². The number of amides is 1. The molecule has 1 aliphatic carbocycles. The zero-order valence-electron chi connectivity index (χ0n) is 12.0. The molecule has 2 aromatic rings. The lowest BCUT2D eigenvalue weighted by atomic mass is 9.88. The molecule has 0 aliphatic heterocycles. The lowest BCUT2D eigenvalue weighted by Gasteiger charge is -2.17. The molecule has 1 unspecified atom stereocenters. The van der Waals surface area contributed by atoms with Crippen molar-refractivity contribution in [2.24, 2.45) is 13.0 Å². The maximum Gasteiger partial charge on any atom is 0.259 e. The number of nitriles is 1. The summed E-state index contributed by atoms with van der Waals surface area (Å²) in [4.78, 5) is 13.4. The third kappa shape index (κ3) is 2.57. The predicted molar refractivity (Wildman–Crippen MR) is 81.4 cm³/mol. The van der Waals surface area contributed by atoms with E-state index in [-0.39, 0.29) is 5.91 Å². The quantitative estimate of drug-likeness (QED) is 0.927. The van der Waals surface area contributed by atoms with Crippen molar-refractivity contribution in [3.63, 3.8) is 0 Å². The van der Waals surface area contributed by atoms with Gasteiger partial charge in [-0.2, -0.15) is 10.4 Å². The molecule has 6 heteroatoms. The van der Waals surface area contributed by atoms with E-state index in [1.165, 1.54) is 22.4 Å². The molecule has 0 saturated heterocycles. The first kappa shape index (κ1) is 13.8. The third-order valence-electron chi connectivity index (χ3n) is 3.82. The molecule has 2 heterocycles. The summed E-state index contributed by atoms with van der Waals surface area (Å²) in [6.07, 6.45) is 6.22. The molecule has 0 fully saturated rings. The van der Waals surface area contributed by atoms with Crippen LogP contribution in [-0.2, 0) is 19.9 Å². The normalized spacial score (nSPS) is 17.1. The highest BCUT2D eigenvalue weighted by Gasteiger charge is 2.24. The van der Waals surface area contributed by atoms with Crippen molar-refractivity contribution in [1.82, 2.24) is 9.78 Å². The fourth-order valence-electron chi connectivity index (χ4n) is 2.67. The number of carbonyl (C=O) groups excluding carboxylic acids is 1. The topological polar surface area (TPSA) is 70.7 Å². The van der Waals surface area contributed by atoms with E-state index in [1.54, 1.807) is 17.9 Å². The van der Waals surface area contributed by atoms with Gasteiger partial charge >= 0.3 is 0 Å². The molecule has 0 saturated carbocycles. The summed E-state index contributed by atoms with van der Waals surface area (Å²) < 4.78 is 1.58.